The molecule has 0 radical (unpaired) electrons. The molecule has 3 N–H and O–H groups in total. The molecule has 1 aromatic heterocycles. The van der Waals surface area contributed by atoms with E-state index in [1.807, 2.05) is 19.1 Å². The summed E-state index contributed by atoms with van der Waals surface area (Å²) in [5.41, 5.74) is 7.84. The summed E-state index contributed by atoms with van der Waals surface area (Å²) in [5.74, 6) is 0.502. The molecule has 0 bridgehead atoms. The van der Waals surface area contributed by atoms with Crippen LogP contribution >= 0.6 is 0 Å². The molecular weight excluding hydrogens is 217 g/mol. The molecule has 0 unspecified atom stereocenters. The highest BCUT2D eigenvalue weighted by Crippen LogP contribution is 2.32. The van der Waals surface area contributed by atoms with Gasteiger partial charge in [0.15, 0.2) is 0 Å². The minimum absolute atomic E-state index is 0.502. The molecule has 0 fully saturated rings. The summed E-state index contributed by atoms with van der Waals surface area (Å²) in [4.78, 5) is 0. The summed E-state index contributed by atoms with van der Waals surface area (Å²) in [6.45, 7) is 5.05. The fourth-order valence-corrected chi connectivity index (χ4v) is 1.79. The van der Waals surface area contributed by atoms with Crippen molar-refractivity contribution in [2.24, 2.45) is 0 Å². The topological polar surface area (TPSA) is 54.7 Å². The van der Waals surface area contributed by atoms with E-state index in [1.54, 1.807) is 26.1 Å². The van der Waals surface area contributed by atoms with Crippen molar-refractivity contribution in [2.75, 3.05) is 5.73 Å². The van der Waals surface area contributed by atoms with Gasteiger partial charge >= 0.3 is 0 Å². The van der Waals surface area contributed by atoms with Crippen LogP contribution in [0.3, 0.4) is 0 Å². The smallest absolute Gasteiger partial charge is 0.130 e. The van der Waals surface area contributed by atoms with Crippen molar-refractivity contribution >= 4 is 5.82 Å². The standard InChI is InChI=1S/C13H16FN3/c1-8-4-5-9(13(2,3)14)6-10(8)11-7-16-17-12(11)15/h4-7H,1-3H3,(H3,15,16,17). The number of H-pyrrole nitrogens is 1. The lowest BCUT2D eigenvalue weighted by atomic mass is 9.93. The number of nitrogen functional groups attached to an aromatic ring is 1. The lowest BCUT2D eigenvalue weighted by molar-refractivity contribution is 0.221. The molecular formula is C13H16FN3. The van der Waals surface area contributed by atoms with Gasteiger partial charge in [-0.05, 0) is 43.5 Å². The van der Waals surface area contributed by atoms with Crippen LogP contribution in [0.25, 0.3) is 11.1 Å². The van der Waals surface area contributed by atoms with Gasteiger partial charge in [-0.1, -0.05) is 12.1 Å². The van der Waals surface area contributed by atoms with Crippen molar-refractivity contribution in [3.8, 4) is 11.1 Å². The molecule has 0 atom stereocenters. The second kappa shape index (κ2) is 3.87. The number of hydrogen-bond donors (Lipinski definition) is 2. The first kappa shape index (κ1) is 11.6. The van der Waals surface area contributed by atoms with Gasteiger partial charge in [-0.2, -0.15) is 5.10 Å². The van der Waals surface area contributed by atoms with Crippen LogP contribution < -0.4 is 5.73 Å². The number of hydrogen-bond acceptors (Lipinski definition) is 2. The fourth-order valence-electron chi connectivity index (χ4n) is 1.79. The molecule has 0 spiro atoms. The summed E-state index contributed by atoms with van der Waals surface area (Å²) < 4.78 is 13.9. The number of nitrogens with one attached hydrogen (secondary N) is 1. The molecule has 2 aromatic rings. The highest BCUT2D eigenvalue weighted by Gasteiger charge is 2.20. The molecule has 1 aromatic carbocycles. The average molecular weight is 233 g/mol. The Kier molecular flexibility index (Phi) is 2.65. The summed E-state index contributed by atoms with van der Waals surface area (Å²) in [6.07, 6.45) is 1.66. The number of aromatic amines is 1. The first-order valence-corrected chi connectivity index (χ1v) is 5.49. The second-order valence-corrected chi connectivity index (χ2v) is 4.70. The predicted octanol–water partition coefficient (Wildman–Crippen LogP) is 3.17. The second-order valence-electron chi connectivity index (χ2n) is 4.70. The molecule has 0 aliphatic carbocycles. The highest BCUT2D eigenvalue weighted by atomic mass is 19.1. The summed E-state index contributed by atoms with van der Waals surface area (Å²) >= 11 is 0. The third kappa shape index (κ3) is 2.16. The van der Waals surface area contributed by atoms with E-state index < -0.39 is 5.67 Å². The van der Waals surface area contributed by atoms with Crippen molar-refractivity contribution in [3.63, 3.8) is 0 Å². The van der Waals surface area contributed by atoms with Crippen LogP contribution in [0.5, 0.6) is 0 Å². The SMILES string of the molecule is Cc1ccc(C(C)(C)F)cc1-c1cn[nH]c1N. The zero-order chi connectivity index (χ0) is 12.6. The normalized spacial score (nSPS) is 11.8. The summed E-state index contributed by atoms with van der Waals surface area (Å²) in [5, 5.41) is 6.57. The Morgan fingerprint density at radius 1 is 1.29 bits per heavy atom. The van der Waals surface area contributed by atoms with Crippen LogP contribution in [0.4, 0.5) is 10.2 Å². The Morgan fingerprint density at radius 3 is 2.53 bits per heavy atom. The minimum Gasteiger partial charge on any atom is -0.384 e. The third-order valence-corrected chi connectivity index (χ3v) is 2.88. The maximum atomic E-state index is 13.9. The summed E-state index contributed by atoms with van der Waals surface area (Å²) in [6, 6.07) is 5.53. The molecule has 90 valence electrons. The number of benzene rings is 1. The quantitative estimate of drug-likeness (QED) is 0.837. The average Bonchev–Trinajstić information content (AvgIpc) is 2.63. The van der Waals surface area contributed by atoms with Crippen LogP contribution in [0.15, 0.2) is 24.4 Å². The molecule has 4 heteroatoms. The Hall–Kier alpha value is -1.84. The van der Waals surface area contributed by atoms with Crippen molar-refractivity contribution in [1.82, 2.24) is 10.2 Å². The number of nitrogens with zero attached hydrogens (tertiary/aromatic N) is 1. The Bertz CT molecular complexity index is 538. The Labute approximate surface area is 99.9 Å². The van der Waals surface area contributed by atoms with Crippen LogP contribution in [-0.2, 0) is 5.67 Å². The number of rotatable bonds is 2. The van der Waals surface area contributed by atoms with Crippen molar-refractivity contribution < 1.29 is 4.39 Å². The van der Waals surface area contributed by atoms with Crippen LogP contribution in [0, 0.1) is 6.92 Å². The molecule has 0 amide bonds. The third-order valence-electron chi connectivity index (χ3n) is 2.88. The lowest BCUT2D eigenvalue weighted by Gasteiger charge is -2.17. The fraction of sp³-hybridized carbons (Fsp3) is 0.308. The number of halogens is 1. The van der Waals surface area contributed by atoms with Gasteiger partial charge in [-0.25, -0.2) is 4.39 Å². The molecule has 3 nitrogen and oxygen atoms in total. The van der Waals surface area contributed by atoms with E-state index in [0.29, 0.717) is 11.4 Å². The maximum Gasteiger partial charge on any atom is 0.130 e. The van der Waals surface area contributed by atoms with Gasteiger partial charge in [-0.15, -0.1) is 0 Å². The molecule has 1 heterocycles. The van der Waals surface area contributed by atoms with E-state index >= 15 is 0 Å². The van der Waals surface area contributed by atoms with Gasteiger partial charge in [0.05, 0.1) is 6.20 Å². The summed E-state index contributed by atoms with van der Waals surface area (Å²) in [7, 11) is 0. The van der Waals surface area contributed by atoms with E-state index in [2.05, 4.69) is 10.2 Å². The maximum absolute atomic E-state index is 13.9. The van der Waals surface area contributed by atoms with Gasteiger partial charge < -0.3 is 5.73 Å². The number of aryl methyl sites for hydroxylation is 1. The molecule has 17 heavy (non-hydrogen) atoms. The Morgan fingerprint density at radius 2 is 2.00 bits per heavy atom. The number of nitrogens with two attached hydrogens (primary N) is 1. The van der Waals surface area contributed by atoms with Gasteiger partial charge in [0, 0.05) is 5.56 Å². The monoisotopic (exact) mass is 233 g/mol. The van der Waals surface area contributed by atoms with E-state index in [-0.39, 0.29) is 0 Å². The van der Waals surface area contributed by atoms with Gasteiger partial charge in [0.2, 0.25) is 0 Å². The highest BCUT2D eigenvalue weighted by molar-refractivity contribution is 5.76. The zero-order valence-corrected chi connectivity index (χ0v) is 10.2. The Balaban J connectivity index is 2.58. The van der Waals surface area contributed by atoms with Crippen molar-refractivity contribution in [3.05, 3.63) is 35.5 Å². The molecule has 0 saturated carbocycles. The first-order chi connectivity index (χ1) is 7.89. The van der Waals surface area contributed by atoms with Gasteiger partial charge in [-0.3, -0.25) is 5.10 Å². The van der Waals surface area contributed by atoms with Crippen LogP contribution in [-0.4, -0.2) is 10.2 Å². The molecule has 0 aliphatic heterocycles. The molecule has 0 saturated heterocycles. The lowest BCUT2D eigenvalue weighted by Crippen LogP contribution is -2.09. The van der Waals surface area contributed by atoms with E-state index in [4.69, 9.17) is 5.73 Å². The first-order valence-electron chi connectivity index (χ1n) is 5.49. The van der Waals surface area contributed by atoms with Gasteiger partial charge in [0.1, 0.15) is 11.5 Å². The van der Waals surface area contributed by atoms with E-state index in [0.717, 1.165) is 16.7 Å². The number of alkyl halides is 1. The minimum atomic E-state index is -1.36. The zero-order valence-electron chi connectivity index (χ0n) is 10.2. The van der Waals surface area contributed by atoms with E-state index in [1.165, 1.54) is 0 Å². The van der Waals surface area contributed by atoms with E-state index in [9.17, 15) is 4.39 Å². The van der Waals surface area contributed by atoms with Crippen molar-refractivity contribution in [1.29, 1.82) is 0 Å². The van der Waals surface area contributed by atoms with Crippen molar-refractivity contribution in [2.45, 2.75) is 26.4 Å². The number of anilines is 1. The van der Waals surface area contributed by atoms with Gasteiger partial charge in [0.25, 0.3) is 0 Å². The predicted molar refractivity (Wildman–Crippen MR) is 67.3 cm³/mol. The van der Waals surface area contributed by atoms with Crippen LogP contribution in [0.1, 0.15) is 25.0 Å². The molecule has 0 aliphatic rings. The molecule has 2 rings (SSSR count). The largest absolute Gasteiger partial charge is 0.384 e. The number of aromatic nitrogens is 2. The van der Waals surface area contributed by atoms with Crippen LogP contribution in [0.2, 0.25) is 0 Å².